The first kappa shape index (κ1) is 21.2. The van der Waals surface area contributed by atoms with Crippen LogP contribution in [0, 0.1) is 17.7 Å². The summed E-state index contributed by atoms with van der Waals surface area (Å²) in [5.41, 5.74) is 9.60. The van der Waals surface area contributed by atoms with Gasteiger partial charge in [-0.1, -0.05) is 29.8 Å². The van der Waals surface area contributed by atoms with E-state index in [1.807, 2.05) is 55.8 Å². The van der Waals surface area contributed by atoms with Gasteiger partial charge in [-0.05, 0) is 33.3 Å². The van der Waals surface area contributed by atoms with Gasteiger partial charge in [0.2, 0.25) is 0 Å². The molecule has 0 aliphatic carbocycles. The van der Waals surface area contributed by atoms with Gasteiger partial charge in [0.25, 0.3) is 5.91 Å². The van der Waals surface area contributed by atoms with E-state index in [1.165, 1.54) is 6.33 Å². The highest BCUT2D eigenvalue weighted by molar-refractivity contribution is 6.40. The quantitative estimate of drug-likeness (QED) is 0.449. The summed E-state index contributed by atoms with van der Waals surface area (Å²) < 4.78 is 1.99. The highest BCUT2D eigenvalue weighted by Crippen LogP contribution is 2.35. The summed E-state index contributed by atoms with van der Waals surface area (Å²) in [6.45, 7) is 7.86. The number of carbonyl (C=O) groups is 1. The van der Waals surface area contributed by atoms with E-state index in [0.29, 0.717) is 11.5 Å². The van der Waals surface area contributed by atoms with E-state index in [1.54, 1.807) is 6.92 Å². The predicted molar refractivity (Wildman–Crippen MR) is 120 cm³/mol. The molecule has 0 saturated heterocycles. The monoisotopic (exact) mass is 405 g/mol. The molecule has 0 unspecified atom stereocenters. The molecule has 0 bridgehead atoms. The van der Waals surface area contributed by atoms with Crippen LogP contribution in [0.25, 0.3) is 22.2 Å². The maximum Gasteiger partial charge on any atom is 0.265 e. The smallest absolute Gasteiger partial charge is 0.265 e. The van der Waals surface area contributed by atoms with Gasteiger partial charge in [0, 0.05) is 30.4 Å². The van der Waals surface area contributed by atoms with Gasteiger partial charge in [-0.2, -0.15) is 0 Å². The maximum absolute atomic E-state index is 12.2. The number of nitrogens with two attached hydrogens (primary N) is 1. The van der Waals surface area contributed by atoms with Crippen LogP contribution < -0.4 is 11.1 Å². The van der Waals surface area contributed by atoms with E-state index in [-0.39, 0.29) is 24.4 Å². The lowest BCUT2D eigenvalue weighted by atomic mass is 10.0. The van der Waals surface area contributed by atoms with E-state index in [9.17, 15) is 4.79 Å². The second-order valence-corrected chi connectivity index (χ2v) is 8.17. The summed E-state index contributed by atoms with van der Waals surface area (Å²) in [4.78, 5) is 20.9. The van der Waals surface area contributed by atoms with Crippen LogP contribution in [0.1, 0.15) is 32.8 Å². The van der Waals surface area contributed by atoms with E-state index < -0.39 is 11.4 Å². The Morgan fingerprint density at radius 3 is 2.50 bits per heavy atom. The number of hydrogen-bond donors (Lipinski definition) is 4. The highest BCUT2D eigenvalue weighted by atomic mass is 16.1. The molecule has 0 radical (unpaired) electrons. The zero-order valence-corrected chi connectivity index (χ0v) is 17.7. The summed E-state index contributed by atoms with van der Waals surface area (Å²) in [6, 6.07) is 8.16. The van der Waals surface area contributed by atoms with Crippen LogP contribution >= 0.6 is 0 Å². The third-order valence-electron chi connectivity index (χ3n) is 5.02. The number of amides is 1. The van der Waals surface area contributed by atoms with Gasteiger partial charge >= 0.3 is 0 Å². The van der Waals surface area contributed by atoms with E-state index in [0.717, 1.165) is 22.1 Å². The molecule has 2 aromatic heterocycles. The molecule has 1 amide bonds. The molecule has 156 valence electrons. The van der Waals surface area contributed by atoms with Crippen molar-refractivity contribution in [1.29, 1.82) is 10.8 Å². The second kappa shape index (κ2) is 8.06. The number of aryl methyl sites for hydroxylation is 1. The molecule has 30 heavy (non-hydrogen) atoms. The fourth-order valence-corrected chi connectivity index (χ4v) is 3.33. The van der Waals surface area contributed by atoms with Crippen molar-refractivity contribution >= 4 is 34.2 Å². The molecule has 3 rings (SSSR count). The second-order valence-electron chi connectivity index (χ2n) is 8.17. The molecule has 0 atom stereocenters. The Labute approximate surface area is 175 Å². The molecule has 0 fully saturated rings. The first-order valence-corrected chi connectivity index (χ1v) is 9.69. The fraction of sp³-hybridized carbons (Fsp3) is 0.318. The van der Waals surface area contributed by atoms with Gasteiger partial charge in [-0.15, -0.1) is 0 Å². The van der Waals surface area contributed by atoms with Crippen LogP contribution in [0.15, 0.2) is 36.8 Å². The lowest BCUT2D eigenvalue weighted by Gasteiger charge is -2.28. The molecule has 8 nitrogen and oxygen atoms in total. The van der Waals surface area contributed by atoms with Crippen LogP contribution in [0.3, 0.4) is 0 Å². The number of fused-ring (bicyclic) bond motifs is 1. The maximum atomic E-state index is 12.2. The standard InChI is InChI=1S/C22H27N7O/c1-13-5-7-15(8-6-13)16-10-29(20-18(16)19(25)27-12-28-20)22(3,4)11-26-21(30)17(24)9-14(2)23/h5-8,10,12,23-24H,9,11H2,1-4H3,(H,26,30)(H2,25,27,28). The van der Waals surface area contributed by atoms with Crippen molar-refractivity contribution in [2.45, 2.75) is 39.7 Å². The van der Waals surface area contributed by atoms with Gasteiger partial charge in [0.05, 0.1) is 10.9 Å². The Morgan fingerprint density at radius 1 is 1.20 bits per heavy atom. The van der Waals surface area contributed by atoms with Gasteiger partial charge in [0.15, 0.2) is 0 Å². The van der Waals surface area contributed by atoms with Crippen molar-refractivity contribution in [1.82, 2.24) is 19.9 Å². The van der Waals surface area contributed by atoms with Crippen molar-refractivity contribution in [2.24, 2.45) is 0 Å². The van der Waals surface area contributed by atoms with Crippen LogP contribution in [0.2, 0.25) is 0 Å². The molecule has 3 aromatic rings. The first-order valence-electron chi connectivity index (χ1n) is 9.69. The van der Waals surface area contributed by atoms with E-state index >= 15 is 0 Å². The fourth-order valence-electron chi connectivity index (χ4n) is 3.33. The number of nitrogen functional groups attached to an aromatic ring is 1. The lowest BCUT2D eigenvalue weighted by molar-refractivity contribution is -0.115. The van der Waals surface area contributed by atoms with E-state index in [2.05, 4.69) is 15.3 Å². The van der Waals surface area contributed by atoms with Crippen LogP contribution in [-0.4, -0.2) is 38.4 Å². The normalized spacial score (nSPS) is 11.5. The predicted octanol–water partition coefficient (Wildman–Crippen LogP) is 3.29. The highest BCUT2D eigenvalue weighted by Gasteiger charge is 2.27. The van der Waals surface area contributed by atoms with Gasteiger partial charge in [0.1, 0.15) is 23.5 Å². The molecule has 0 aliphatic heterocycles. The Kier molecular flexibility index (Phi) is 5.69. The number of nitrogens with one attached hydrogen (secondary N) is 3. The zero-order chi connectivity index (χ0) is 22.1. The Morgan fingerprint density at radius 2 is 1.87 bits per heavy atom. The molecule has 0 spiro atoms. The molecular weight excluding hydrogens is 378 g/mol. The third kappa shape index (κ3) is 4.22. The molecular formula is C22H27N7O. The van der Waals surface area contributed by atoms with Gasteiger partial charge in [-0.25, -0.2) is 9.97 Å². The van der Waals surface area contributed by atoms with E-state index in [4.69, 9.17) is 16.6 Å². The summed E-state index contributed by atoms with van der Waals surface area (Å²) in [5.74, 6) is -0.0727. The van der Waals surface area contributed by atoms with Crippen molar-refractivity contribution in [3.05, 3.63) is 42.4 Å². The molecule has 1 aromatic carbocycles. The van der Waals surface area contributed by atoms with Crippen molar-refractivity contribution < 1.29 is 4.79 Å². The van der Waals surface area contributed by atoms with Crippen molar-refractivity contribution in [2.75, 3.05) is 12.3 Å². The summed E-state index contributed by atoms with van der Waals surface area (Å²) in [7, 11) is 0. The topological polar surface area (TPSA) is 134 Å². The van der Waals surface area contributed by atoms with Gasteiger partial charge < -0.3 is 21.0 Å². The van der Waals surface area contributed by atoms with Crippen LogP contribution in [0.5, 0.6) is 0 Å². The molecule has 5 N–H and O–H groups in total. The summed E-state index contributed by atoms with van der Waals surface area (Å²) in [5, 5.41) is 18.9. The SMILES string of the molecule is CC(=N)CC(=N)C(=O)NCC(C)(C)n1cc(-c2ccc(C)cc2)c2c(N)ncnc21. The largest absolute Gasteiger partial charge is 0.383 e. The summed E-state index contributed by atoms with van der Waals surface area (Å²) in [6.07, 6.45) is 3.46. The number of benzene rings is 1. The molecule has 2 heterocycles. The minimum Gasteiger partial charge on any atom is -0.383 e. The number of aromatic nitrogens is 3. The number of nitrogens with zero attached hydrogens (tertiary/aromatic N) is 3. The number of carbonyl (C=O) groups excluding carboxylic acids is 1. The molecule has 0 aliphatic rings. The molecule has 0 saturated carbocycles. The Balaban J connectivity index is 1.98. The minimum absolute atomic E-state index is 0.0417. The first-order chi connectivity index (χ1) is 14.1. The zero-order valence-electron chi connectivity index (χ0n) is 17.7. The van der Waals surface area contributed by atoms with Crippen LogP contribution in [0.4, 0.5) is 5.82 Å². The van der Waals surface area contributed by atoms with Crippen molar-refractivity contribution in [3.63, 3.8) is 0 Å². The average Bonchev–Trinajstić information content (AvgIpc) is 3.08. The number of rotatable bonds is 7. The number of anilines is 1. The van der Waals surface area contributed by atoms with Crippen molar-refractivity contribution in [3.8, 4) is 11.1 Å². The average molecular weight is 406 g/mol. The molecule has 8 heteroatoms. The van der Waals surface area contributed by atoms with Crippen LogP contribution in [-0.2, 0) is 10.3 Å². The Bertz CT molecular complexity index is 1130. The van der Waals surface area contributed by atoms with Gasteiger partial charge in [-0.3, -0.25) is 10.2 Å². The minimum atomic E-state index is -0.544. The number of hydrogen-bond acceptors (Lipinski definition) is 6. The lowest BCUT2D eigenvalue weighted by Crippen LogP contribution is -2.43. The third-order valence-corrected chi connectivity index (χ3v) is 5.02. The summed E-state index contributed by atoms with van der Waals surface area (Å²) >= 11 is 0. The Hall–Kier alpha value is -3.55.